The fraction of sp³-hybridized carbons (Fsp3) is 0.462. The normalized spacial score (nSPS) is 16.6. The molecule has 1 aromatic rings. The van der Waals surface area contributed by atoms with Gasteiger partial charge in [-0.3, -0.25) is 4.79 Å². The summed E-state index contributed by atoms with van der Waals surface area (Å²) < 4.78 is 6.11. The Morgan fingerprint density at radius 1 is 1.44 bits per heavy atom. The standard InChI is InChI=1S/C13H17BrN2O2/c1-8-6-10(14)12(7-11(8)15)16-13(17)9-2-4-18-5-3-9/h6-7,9H,2-5,15H2,1H3,(H,16,17). The molecule has 0 aliphatic carbocycles. The number of carbonyl (C=O) groups is 1. The van der Waals surface area contributed by atoms with Crippen LogP contribution in [-0.2, 0) is 9.53 Å². The van der Waals surface area contributed by atoms with Crippen LogP contribution in [-0.4, -0.2) is 19.1 Å². The Morgan fingerprint density at radius 3 is 2.78 bits per heavy atom. The second-order valence-corrected chi connectivity index (χ2v) is 5.42. The van der Waals surface area contributed by atoms with E-state index in [1.807, 2.05) is 13.0 Å². The average Bonchev–Trinajstić information content (AvgIpc) is 2.37. The topological polar surface area (TPSA) is 64.3 Å². The Morgan fingerprint density at radius 2 is 2.11 bits per heavy atom. The van der Waals surface area contributed by atoms with Crippen LogP contribution in [0, 0.1) is 12.8 Å². The van der Waals surface area contributed by atoms with Crippen molar-refractivity contribution in [2.75, 3.05) is 24.3 Å². The van der Waals surface area contributed by atoms with Crippen molar-refractivity contribution < 1.29 is 9.53 Å². The van der Waals surface area contributed by atoms with Crippen LogP contribution in [0.2, 0.25) is 0 Å². The Hall–Kier alpha value is -1.07. The van der Waals surface area contributed by atoms with Gasteiger partial charge in [-0.2, -0.15) is 0 Å². The molecule has 0 spiro atoms. The zero-order valence-corrected chi connectivity index (χ0v) is 11.9. The van der Waals surface area contributed by atoms with E-state index in [9.17, 15) is 4.79 Å². The molecule has 3 N–H and O–H groups in total. The van der Waals surface area contributed by atoms with Crippen LogP contribution in [0.4, 0.5) is 11.4 Å². The van der Waals surface area contributed by atoms with Crippen molar-refractivity contribution in [3.05, 3.63) is 22.2 Å². The number of hydrogen-bond acceptors (Lipinski definition) is 3. The van der Waals surface area contributed by atoms with Gasteiger partial charge in [-0.15, -0.1) is 0 Å². The molecule has 0 atom stereocenters. The molecule has 1 amide bonds. The minimum Gasteiger partial charge on any atom is -0.398 e. The molecular weight excluding hydrogens is 296 g/mol. The third kappa shape index (κ3) is 3.03. The van der Waals surface area contributed by atoms with Crippen molar-refractivity contribution in [3.63, 3.8) is 0 Å². The van der Waals surface area contributed by atoms with Gasteiger partial charge in [0, 0.05) is 29.3 Å². The molecular formula is C13H17BrN2O2. The van der Waals surface area contributed by atoms with Gasteiger partial charge in [0.1, 0.15) is 0 Å². The smallest absolute Gasteiger partial charge is 0.227 e. The van der Waals surface area contributed by atoms with Crippen LogP contribution in [0.5, 0.6) is 0 Å². The van der Waals surface area contributed by atoms with Crippen LogP contribution in [0.3, 0.4) is 0 Å². The zero-order valence-electron chi connectivity index (χ0n) is 10.3. The van der Waals surface area contributed by atoms with Crippen LogP contribution in [0.15, 0.2) is 16.6 Å². The molecule has 1 fully saturated rings. The van der Waals surface area contributed by atoms with Gasteiger partial charge in [0.15, 0.2) is 0 Å². The quantitative estimate of drug-likeness (QED) is 0.825. The number of anilines is 2. The van der Waals surface area contributed by atoms with Crippen molar-refractivity contribution >= 4 is 33.2 Å². The van der Waals surface area contributed by atoms with Crippen molar-refractivity contribution in [2.24, 2.45) is 5.92 Å². The monoisotopic (exact) mass is 312 g/mol. The van der Waals surface area contributed by atoms with E-state index in [0.717, 1.165) is 28.6 Å². The number of benzene rings is 1. The Kier molecular flexibility index (Phi) is 4.24. The van der Waals surface area contributed by atoms with E-state index in [1.54, 1.807) is 6.07 Å². The molecule has 0 saturated carbocycles. The number of amides is 1. The van der Waals surface area contributed by atoms with Gasteiger partial charge >= 0.3 is 0 Å². The molecule has 1 saturated heterocycles. The van der Waals surface area contributed by atoms with E-state index in [2.05, 4.69) is 21.2 Å². The molecule has 1 aliphatic heterocycles. The van der Waals surface area contributed by atoms with E-state index in [-0.39, 0.29) is 11.8 Å². The highest BCUT2D eigenvalue weighted by Gasteiger charge is 2.22. The summed E-state index contributed by atoms with van der Waals surface area (Å²) in [7, 11) is 0. The van der Waals surface area contributed by atoms with Crippen LogP contribution in [0.1, 0.15) is 18.4 Å². The second kappa shape index (κ2) is 5.71. The van der Waals surface area contributed by atoms with Gasteiger partial charge in [0.25, 0.3) is 0 Å². The lowest BCUT2D eigenvalue weighted by Crippen LogP contribution is -2.28. The summed E-state index contributed by atoms with van der Waals surface area (Å²) in [6, 6.07) is 3.70. The van der Waals surface area contributed by atoms with Gasteiger partial charge in [0.05, 0.1) is 5.69 Å². The predicted molar refractivity (Wildman–Crippen MR) is 75.5 cm³/mol. The third-order valence-corrected chi connectivity index (χ3v) is 3.86. The highest BCUT2D eigenvalue weighted by atomic mass is 79.9. The van der Waals surface area contributed by atoms with E-state index in [1.165, 1.54) is 0 Å². The first-order valence-corrected chi connectivity index (χ1v) is 6.81. The maximum absolute atomic E-state index is 12.1. The predicted octanol–water partition coefficient (Wildman–Crippen LogP) is 2.70. The van der Waals surface area contributed by atoms with Gasteiger partial charge in [-0.05, 0) is 53.4 Å². The fourth-order valence-corrected chi connectivity index (χ4v) is 2.54. The van der Waals surface area contributed by atoms with Crippen molar-refractivity contribution in [1.82, 2.24) is 0 Å². The number of halogens is 1. The van der Waals surface area contributed by atoms with Gasteiger partial charge < -0.3 is 15.8 Å². The van der Waals surface area contributed by atoms with E-state index in [4.69, 9.17) is 10.5 Å². The summed E-state index contributed by atoms with van der Waals surface area (Å²) in [6.45, 7) is 3.26. The number of aryl methyl sites for hydroxylation is 1. The highest BCUT2D eigenvalue weighted by Crippen LogP contribution is 2.28. The van der Waals surface area contributed by atoms with Crippen molar-refractivity contribution in [3.8, 4) is 0 Å². The maximum atomic E-state index is 12.1. The summed E-state index contributed by atoms with van der Waals surface area (Å²) in [4.78, 5) is 12.1. The molecule has 2 rings (SSSR count). The minimum absolute atomic E-state index is 0.0353. The number of ether oxygens (including phenoxy) is 1. The van der Waals surface area contributed by atoms with Crippen LogP contribution >= 0.6 is 15.9 Å². The second-order valence-electron chi connectivity index (χ2n) is 4.56. The third-order valence-electron chi connectivity index (χ3n) is 3.21. The largest absolute Gasteiger partial charge is 0.398 e. The van der Waals surface area contributed by atoms with Crippen molar-refractivity contribution in [1.29, 1.82) is 0 Å². The van der Waals surface area contributed by atoms with Gasteiger partial charge in [0.2, 0.25) is 5.91 Å². The summed E-state index contributed by atoms with van der Waals surface area (Å²) in [5.74, 6) is 0.0791. The molecule has 1 aromatic carbocycles. The molecule has 1 heterocycles. The summed E-state index contributed by atoms with van der Waals surface area (Å²) in [6.07, 6.45) is 1.57. The molecule has 5 heteroatoms. The first-order chi connectivity index (χ1) is 8.58. The molecule has 0 unspecified atom stereocenters. The first kappa shape index (κ1) is 13.4. The molecule has 0 bridgehead atoms. The number of nitrogens with one attached hydrogen (secondary N) is 1. The minimum atomic E-state index is 0.0353. The Labute approximate surface area is 115 Å². The molecule has 18 heavy (non-hydrogen) atoms. The number of nitrogen functional groups attached to an aromatic ring is 1. The Bertz CT molecular complexity index is 457. The number of rotatable bonds is 2. The molecule has 1 aliphatic rings. The lowest BCUT2D eigenvalue weighted by molar-refractivity contribution is -0.122. The molecule has 0 aromatic heterocycles. The number of hydrogen-bond donors (Lipinski definition) is 2. The van der Waals surface area contributed by atoms with E-state index >= 15 is 0 Å². The van der Waals surface area contributed by atoms with E-state index in [0.29, 0.717) is 18.9 Å². The highest BCUT2D eigenvalue weighted by molar-refractivity contribution is 9.10. The molecule has 0 radical (unpaired) electrons. The van der Waals surface area contributed by atoms with Crippen molar-refractivity contribution in [2.45, 2.75) is 19.8 Å². The lowest BCUT2D eigenvalue weighted by Gasteiger charge is -2.21. The molecule has 4 nitrogen and oxygen atoms in total. The van der Waals surface area contributed by atoms with E-state index < -0.39 is 0 Å². The zero-order chi connectivity index (χ0) is 13.1. The summed E-state index contributed by atoms with van der Waals surface area (Å²) in [5, 5.41) is 2.93. The first-order valence-electron chi connectivity index (χ1n) is 6.02. The Balaban J connectivity index is 2.08. The van der Waals surface area contributed by atoms with Crippen LogP contribution in [0.25, 0.3) is 0 Å². The summed E-state index contributed by atoms with van der Waals surface area (Å²) >= 11 is 3.44. The fourth-order valence-electron chi connectivity index (χ4n) is 1.98. The maximum Gasteiger partial charge on any atom is 0.227 e. The van der Waals surface area contributed by atoms with Gasteiger partial charge in [-0.25, -0.2) is 0 Å². The lowest BCUT2D eigenvalue weighted by atomic mass is 9.99. The average molecular weight is 313 g/mol. The van der Waals surface area contributed by atoms with Crippen LogP contribution < -0.4 is 11.1 Å². The molecule has 98 valence electrons. The SMILES string of the molecule is Cc1cc(Br)c(NC(=O)C2CCOCC2)cc1N. The number of carbonyl (C=O) groups excluding carboxylic acids is 1. The van der Waals surface area contributed by atoms with Gasteiger partial charge in [-0.1, -0.05) is 0 Å². The summed E-state index contributed by atoms with van der Waals surface area (Å²) in [5.41, 5.74) is 8.26. The number of nitrogens with two attached hydrogens (primary N) is 1.